The van der Waals surface area contributed by atoms with Crippen molar-refractivity contribution in [2.24, 2.45) is 0 Å². The van der Waals surface area contributed by atoms with E-state index >= 15 is 0 Å². The molecule has 5 nitrogen and oxygen atoms in total. The van der Waals surface area contributed by atoms with E-state index in [1.54, 1.807) is 7.11 Å². The molecule has 0 radical (unpaired) electrons. The summed E-state index contributed by atoms with van der Waals surface area (Å²) in [6.07, 6.45) is 0.0500. The number of hydrogen-bond acceptors (Lipinski definition) is 5. The smallest absolute Gasteiger partial charge is 0.347 e. The van der Waals surface area contributed by atoms with Gasteiger partial charge in [-0.25, -0.2) is 4.79 Å². The summed E-state index contributed by atoms with van der Waals surface area (Å²) in [6.45, 7) is 3.99. The van der Waals surface area contributed by atoms with Crippen molar-refractivity contribution in [3.05, 3.63) is 23.8 Å². The molecule has 1 fully saturated rings. The van der Waals surface area contributed by atoms with Crippen molar-refractivity contribution in [3.63, 3.8) is 0 Å². The number of methoxy groups -OCH3 is 1. The third kappa shape index (κ3) is 3.17. The lowest BCUT2D eigenvalue weighted by molar-refractivity contribution is -0.143. The minimum absolute atomic E-state index is 0.305. The van der Waals surface area contributed by atoms with Crippen molar-refractivity contribution in [1.29, 1.82) is 0 Å². The van der Waals surface area contributed by atoms with Crippen molar-refractivity contribution in [3.8, 4) is 11.5 Å². The van der Waals surface area contributed by atoms with E-state index in [1.807, 2.05) is 25.1 Å². The minimum Gasteiger partial charge on any atom is -0.493 e. The number of benzene rings is 1. The molecule has 0 spiro atoms. The predicted molar refractivity (Wildman–Crippen MR) is 70.4 cm³/mol. The molecular weight excluding hydrogens is 246 g/mol. The Bertz CT molecular complexity index is 447. The molecule has 0 amide bonds. The van der Waals surface area contributed by atoms with Gasteiger partial charge in [0.25, 0.3) is 0 Å². The van der Waals surface area contributed by atoms with Gasteiger partial charge < -0.3 is 19.5 Å². The van der Waals surface area contributed by atoms with E-state index in [0.717, 1.165) is 12.1 Å². The van der Waals surface area contributed by atoms with Crippen LogP contribution in [0, 0.1) is 0 Å². The molecule has 2 rings (SSSR count). The summed E-state index contributed by atoms with van der Waals surface area (Å²) < 4.78 is 16.0. The van der Waals surface area contributed by atoms with Crippen LogP contribution in [0.25, 0.3) is 0 Å². The number of para-hydroxylation sites is 1. The van der Waals surface area contributed by atoms with E-state index in [-0.39, 0.29) is 5.97 Å². The second-order valence-corrected chi connectivity index (χ2v) is 4.29. The highest BCUT2D eigenvalue weighted by molar-refractivity contribution is 5.77. The molecule has 1 heterocycles. The van der Waals surface area contributed by atoms with Crippen LogP contribution in [0.3, 0.4) is 0 Å². The Morgan fingerprint density at radius 1 is 1.47 bits per heavy atom. The Labute approximate surface area is 112 Å². The van der Waals surface area contributed by atoms with Gasteiger partial charge in [0.1, 0.15) is 0 Å². The average Bonchev–Trinajstić information content (AvgIpc) is 2.83. The van der Waals surface area contributed by atoms with Crippen LogP contribution in [-0.2, 0) is 16.1 Å². The number of carbonyl (C=O) groups excluding carboxylic acids is 1. The molecule has 1 aromatic carbocycles. The van der Waals surface area contributed by atoms with Gasteiger partial charge in [-0.15, -0.1) is 0 Å². The van der Waals surface area contributed by atoms with Crippen molar-refractivity contribution >= 4 is 5.97 Å². The normalized spacial score (nSPS) is 18.2. The summed E-state index contributed by atoms with van der Waals surface area (Å²) in [4.78, 5) is 11.5. The molecular formula is C14H19NO4. The molecule has 0 aliphatic carbocycles. The lowest BCUT2D eigenvalue weighted by Crippen LogP contribution is -2.23. The van der Waals surface area contributed by atoms with Gasteiger partial charge in [-0.05, 0) is 12.6 Å². The maximum atomic E-state index is 11.5. The van der Waals surface area contributed by atoms with Crippen LogP contribution < -0.4 is 14.8 Å². The number of cyclic esters (lactones) is 1. The van der Waals surface area contributed by atoms with Crippen LogP contribution in [0.4, 0.5) is 0 Å². The Balaban J connectivity index is 2.21. The second kappa shape index (κ2) is 6.43. The number of carbonyl (C=O) groups is 1. The quantitative estimate of drug-likeness (QED) is 0.790. The minimum atomic E-state index is -0.531. The summed E-state index contributed by atoms with van der Waals surface area (Å²) in [5.41, 5.74) is 0.973. The molecule has 0 saturated carbocycles. The third-order valence-electron chi connectivity index (χ3n) is 2.99. The molecule has 1 N–H and O–H groups in total. The van der Waals surface area contributed by atoms with Gasteiger partial charge in [0, 0.05) is 18.5 Å². The number of rotatable bonds is 6. The molecule has 1 atom stereocenters. The van der Waals surface area contributed by atoms with Gasteiger partial charge in [0.2, 0.25) is 0 Å². The van der Waals surface area contributed by atoms with Crippen LogP contribution in [0.1, 0.15) is 18.9 Å². The van der Waals surface area contributed by atoms with Crippen molar-refractivity contribution in [2.75, 3.05) is 20.3 Å². The maximum Gasteiger partial charge on any atom is 0.347 e. The largest absolute Gasteiger partial charge is 0.493 e. The maximum absolute atomic E-state index is 11.5. The highest BCUT2D eigenvalue weighted by atomic mass is 16.6. The highest BCUT2D eigenvalue weighted by Crippen LogP contribution is 2.33. The molecule has 5 heteroatoms. The Kier molecular flexibility index (Phi) is 4.63. The van der Waals surface area contributed by atoms with Crippen LogP contribution >= 0.6 is 0 Å². The van der Waals surface area contributed by atoms with Crippen LogP contribution in [-0.4, -0.2) is 32.3 Å². The van der Waals surface area contributed by atoms with Gasteiger partial charge in [-0.2, -0.15) is 0 Å². The standard InChI is InChI=1S/C14H19NO4/c1-3-15-9-10-5-4-6-11(17-2)13(10)19-12-7-8-18-14(12)16/h4-6,12,15H,3,7-9H2,1-2H3. The molecule has 19 heavy (non-hydrogen) atoms. The molecule has 1 aliphatic rings. The fourth-order valence-electron chi connectivity index (χ4n) is 1.98. The summed E-state index contributed by atoms with van der Waals surface area (Å²) >= 11 is 0. The number of ether oxygens (including phenoxy) is 3. The number of esters is 1. The van der Waals surface area contributed by atoms with Gasteiger partial charge in [-0.3, -0.25) is 0 Å². The van der Waals surface area contributed by atoms with E-state index in [9.17, 15) is 4.79 Å². The molecule has 0 bridgehead atoms. The van der Waals surface area contributed by atoms with Gasteiger partial charge >= 0.3 is 5.97 Å². The first-order chi connectivity index (χ1) is 9.26. The lowest BCUT2D eigenvalue weighted by Gasteiger charge is -2.17. The van der Waals surface area contributed by atoms with Crippen LogP contribution in [0.15, 0.2) is 18.2 Å². The summed E-state index contributed by atoms with van der Waals surface area (Å²) in [7, 11) is 1.59. The SMILES string of the molecule is CCNCc1cccc(OC)c1OC1CCOC1=O. The van der Waals surface area contributed by atoms with Crippen molar-refractivity contribution in [1.82, 2.24) is 5.32 Å². The van der Waals surface area contributed by atoms with Crippen molar-refractivity contribution < 1.29 is 19.0 Å². The molecule has 104 valence electrons. The summed E-state index contributed by atoms with van der Waals surface area (Å²) in [5, 5.41) is 3.24. The Morgan fingerprint density at radius 2 is 2.32 bits per heavy atom. The average molecular weight is 265 g/mol. The highest BCUT2D eigenvalue weighted by Gasteiger charge is 2.30. The zero-order chi connectivity index (χ0) is 13.7. The summed E-state index contributed by atoms with van der Waals surface area (Å²) in [5.74, 6) is 0.949. The monoisotopic (exact) mass is 265 g/mol. The van der Waals surface area contributed by atoms with E-state index in [0.29, 0.717) is 31.1 Å². The molecule has 1 aliphatic heterocycles. The van der Waals surface area contributed by atoms with E-state index in [2.05, 4.69) is 5.32 Å². The van der Waals surface area contributed by atoms with Crippen molar-refractivity contribution in [2.45, 2.75) is 26.0 Å². The second-order valence-electron chi connectivity index (χ2n) is 4.29. The summed E-state index contributed by atoms with van der Waals surface area (Å²) in [6, 6.07) is 5.69. The molecule has 0 aromatic heterocycles. The number of hydrogen-bond donors (Lipinski definition) is 1. The molecule has 1 saturated heterocycles. The van der Waals surface area contributed by atoms with Gasteiger partial charge in [0.05, 0.1) is 13.7 Å². The first-order valence-electron chi connectivity index (χ1n) is 6.46. The van der Waals surface area contributed by atoms with Gasteiger partial charge in [-0.1, -0.05) is 19.1 Å². The predicted octanol–water partition coefficient (Wildman–Crippen LogP) is 1.50. The van der Waals surface area contributed by atoms with Crippen LogP contribution in [0.5, 0.6) is 11.5 Å². The van der Waals surface area contributed by atoms with Gasteiger partial charge in [0.15, 0.2) is 17.6 Å². The Morgan fingerprint density at radius 3 is 2.95 bits per heavy atom. The Hall–Kier alpha value is -1.75. The third-order valence-corrected chi connectivity index (χ3v) is 2.99. The van der Waals surface area contributed by atoms with E-state index in [1.165, 1.54) is 0 Å². The van der Waals surface area contributed by atoms with E-state index < -0.39 is 6.10 Å². The topological polar surface area (TPSA) is 56.8 Å². The van der Waals surface area contributed by atoms with E-state index in [4.69, 9.17) is 14.2 Å². The first-order valence-corrected chi connectivity index (χ1v) is 6.46. The zero-order valence-corrected chi connectivity index (χ0v) is 11.3. The first kappa shape index (κ1) is 13.7. The fourth-order valence-corrected chi connectivity index (χ4v) is 1.98. The fraction of sp³-hybridized carbons (Fsp3) is 0.500. The number of nitrogens with one attached hydrogen (secondary N) is 1. The lowest BCUT2D eigenvalue weighted by atomic mass is 10.1. The zero-order valence-electron chi connectivity index (χ0n) is 11.3. The molecule has 1 unspecified atom stereocenters. The molecule has 1 aromatic rings. The van der Waals surface area contributed by atoms with Crippen LogP contribution in [0.2, 0.25) is 0 Å².